The minimum atomic E-state index is -0.700. The monoisotopic (exact) mass is 473 g/mol. The van der Waals surface area contributed by atoms with Gasteiger partial charge >= 0.3 is 0 Å². The Morgan fingerprint density at radius 1 is 1.30 bits per heavy atom. The number of carbonyl (C=O) groups is 2. The van der Waals surface area contributed by atoms with Crippen molar-refractivity contribution in [1.29, 1.82) is 0 Å². The lowest BCUT2D eigenvalue weighted by molar-refractivity contribution is 0.0743. The molecule has 1 aliphatic rings. The number of hydrogen-bond donors (Lipinski definition) is 3. The molecule has 180 valence electrons. The second-order valence-corrected chi connectivity index (χ2v) is 10.9. The number of aliphatic hydroxyl groups is 1. The van der Waals surface area contributed by atoms with E-state index in [1.807, 2.05) is 24.8 Å². The molecular weight excluding hydrogens is 438 g/mol. The number of aromatic nitrogens is 2. The summed E-state index contributed by atoms with van der Waals surface area (Å²) in [5.74, 6) is 0.183. The molecule has 8 nitrogen and oxygen atoms in total. The molecule has 2 amide bonds. The topological polar surface area (TPSA) is 107 Å². The van der Waals surface area contributed by atoms with Crippen LogP contribution in [0.4, 0.5) is 5.82 Å². The highest BCUT2D eigenvalue weighted by molar-refractivity contribution is 7.17. The molecule has 0 radical (unpaired) electrons. The zero-order chi connectivity index (χ0) is 24.5. The average Bonchev–Trinajstić information content (AvgIpc) is 3.33. The summed E-state index contributed by atoms with van der Waals surface area (Å²) in [4.78, 5) is 37.8. The molecule has 3 heterocycles. The summed E-state index contributed by atoms with van der Waals surface area (Å²) in [5.41, 5.74) is 1.87. The third-order valence-corrected chi connectivity index (χ3v) is 6.87. The lowest BCUT2D eigenvalue weighted by Gasteiger charge is -2.22. The van der Waals surface area contributed by atoms with Gasteiger partial charge in [0.2, 0.25) is 0 Å². The first-order valence-corrected chi connectivity index (χ1v) is 12.2. The lowest BCUT2D eigenvalue weighted by Crippen LogP contribution is -2.39. The zero-order valence-electron chi connectivity index (χ0n) is 20.5. The number of hydrogen-bond acceptors (Lipinski definition) is 7. The van der Waals surface area contributed by atoms with Crippen LogP contribution < -0.4 is 10.6 Å². The highest BCUT2D eigenvalue weighted by atomic mass is 32.1. The number of amides is 2. The van der Waals surface area contributed by atoms with Crippen molar-refractivity contribution in [1.82, 2.24) is 20.2 Å². The Bertz CT molecular complexity index is 1030. The molecule has 1 saturated heterocycles. The van der Waals surface area contributed by atoms with E-state index in [0.29, 0.717) is 11.4 Å². The second-order valence-electron chi connectivity index (χ2n) is 9.95. The zero-order valence-corrected chi connectivity index (χ0v) is 21.3. The quantitative estimate of drug-likeness (QED) is 0.588. The summed E-state index contributed by atoms with van der Waals surface area (Å²) in [6.07, 6.45) is 2.95. The minimum Gasteiger partial charge on any atom is -0.391 e. The lowest BCUT2D eigenvalue weighted by atomic mass is 10.1. The van der Waals surface area contributed by atoms with Gasteiger partial charge in [0.05, 0.1) is 17.0 Å². The molecule has 2 aromatic heterocycles. The molecule has 2 aromatic rings. The maximum atomic E-state index is 13.4. The van der Waals surface area contributed by atoms with Crippen LogP contribution in [0.2, 0.25) is 0 Å². The Hall–Kier alpha value is -2.52. The molecule has 0 saturated carbocycles. The maximum Gasteiger partial charge on any atom is 0.280 e. The van der Waals surface area contributed by atoms with Gasteiger partial charge in [0, 0.05) is 29.9 Å². The first-order valence-electron chi connectivity index (χ1n) is 11.4. The summed E-state index contributed by atoms with van der Waals surface area (Å²) in [6.45, 7) is 14.2. The molecule has 0 spiro atoms. The minimum absolute atomic E-state index is 0.135. The molecule has 3 rings (SSSR count). The maximum absolute atomic E-state index is 13.4. The van der Waals surface area contributed by atoms with Crippen LogP contribution in [0.1, 0.15) is 80.2 Å². The normalized spacial score (nSPS) is 18.2. The van der Waals surface area contributed by atoms with Crippen LogP contribution in [0, 0.1) is 6.92 Å². The van der Waals surface area contributed by atoms with E-state index >= 15 is 0 Å². The average molecular weight is 474 g/mol. The summed E-state index contributed by atoms with van der Waals surface area (Å²) < 4.78 is 0. The fourth-order valence-corrected chi connectivity index (χ4v) is 4.79. The second kappa shape index (κ2) is 9.77. The van der Waals surface area contributed by atoms with Gasteiger partial charge in [0.1, 0.15) is 11.5 Å². The van der Waals surface area contributed by atoms with E-state index in [4.69, 9.17) is 0 Å². The van der Waals surface area contributed by atoms with E-state index in [1.165, 1.54) is 11.3 Å². The standard InChI is InChI=1S/C24H35N5O3S/c1-13-11-18(28-24(5,6)7)25-12-17(13)20-19(23(32)29-10-8-9-14(29)2)27-22(33-20)21(31)26-15(3)16(4)30/h11-12,14-16,30H,8-10H2,1-7H3,(H,25,28)(H,26,31)/t14-,15-,16+/m0/s1. The van der Waals surface area contributed by atoms with Crippen molar-refractivity contribution in [2.45, 2.75) is 85.0 Å². The predicted octanol–water partition coefficient (Wildman–Crippen LogP) is 3.85. The van der Waals surface area contributed by atoms with E-state index in [0.717, 1.165) is 29.8 Å². The number of aliphatic hydroxyl groups excluding tert-OH is 1. The first kappa shape index (κ1) is 25.1. The van der Waals surface area contributed by atoms with E-state index in [1.54, 1.807) is 20.0 Å². The third-order valence-electron chi connectivity index (χ3n) is 5.78. The summed E-state index contributed by atoms with van der Waals surface area (Å²) >= 11 is 1.18. The fraction of sp³-hybridized carbons (Fsp3) is 0.583. The van der Waals surface area contributed by atoms with Crippen LogP contribution in [0.15, 0.2) is 12.3 Å². The molecule has 33 heavy (non-hydrogen) atoms. The van der Waals surface area contributed by atoms with Gasteiger partial charge in [-0.3, -0.25) is 9.59 Å². The first-order chi connectivity index (χ1) is 15.4. The Morgan fingerprint density at radius 3 is 2.55 bits per heavy atom. The molecule has 1 aliphatic heterocycles. The van der Waals surface area contributed by atoms with Crippen LogP contribution in [-0.4, -0.2) is 62.1 Å². The van der Waals surface area contributed by atoms with Crippen LogP contribution in [0.3, 0.4) is 0 Å². The largest absolute Gasteiger partial charge is 0.391 e. The number of pyridine rings is 1. The predicted molar refractivity (Wildman–Crippen MR) is 132 cm³/mol. The molecule has 3 atom stereocenters. The highest BCUT2D eigenvalue weighted by Gasteiger charge is 2.32. The van der Waals surface area contributed by atoms with Gasteiger partial charge in [0.15, 0.2) is 5.01 Å². The Morgan fingerprint density at radius 2 is 2.00 bits per heavy atom. The molecule has 0 unspecified atom stereocenters. The van der Waals surface area contributed by atoms with E-state index < -0.39 is 18.1 Å². The van der Waals surface area contributed by atoms with E-state index in [9.17, 15) is 14.7 Å². The number of aryl methyl sites for hydroxylation is 1. The van der Waals surface area contributed by atoms with E-state index in [2.05, 4.69) is 41.4 Å². The molecular formula is C24H35N5O3S. The molecule has 0 aliphatic carbocycles. The summed E-state index contributed by atoms with van der Waals surface area (Å²) in [5, 5.41) is 16.1. The van der Waals surface area contributed by atoms with Crippen molar-refractivity contribution < 1.29 is 14.7 Å². The molecule has 0 aromatic carbocycles. The van der Waals surface area contributed by atoms with Crippen molar-refractivity contribution in [2.75, 3.05) is 11.9 Å². The van der Waals surface area contributed by atoms with Crippen LogP contribution >= 0.6 is 11.3 Å². The van der Waals surface area contributed by atoms with Crippen molar-refractivity contribution >= 4 is 29.0 Å². The van der Waals surface area contributed by atoms with Crippen molar-refractivity contribution in [3.8, 4) is 10.4 Å². The molecule has 1 fully saturated rings. The number of carbonyl (C=O) groups excluding carboxylic acids is 2. The smallest absolute Gasteiger partial charge is 0.280 e. The Kier molecular flexibility index (Phi) is 7.43. The van der Waals surface area contributed by atoms with E-state index in [-0.39, 0.29) is 28.2 Å². The molecule has 9 heteroatoms. The van der Waals surface area contributed by atoms with Gasteiger partial charge in [-0.1, -0.05) is 0 Å². The third kappa shape index (κ3) is 5.89. The van der Waals surface area contributed by atoms with Crippen LogP contribution in [0.25, 0.3) is 10.4 Å². The van der Waals surface area contributed by atoms with Gasteiger partial charge < -0.3 is 20.6 Å². The number of nitrogens with one attached hydrogen (secondary N) is 2. The Balaban J connectivity index is 2.02. The van der Waals surface area contributed by atoms with Gasteiger partial charge in [-0.05, 0) is 72.9 Å². The Labute approximate surface area is 199 Å². The van der Waals surface area contributed by atoms with Gasteiger partial charge in [0.25, 0.3) is 11.8 Å². The number of rotatable bonds is 6. The summed E-state index contributed by atoms with van der Waals surface area (Å²) in [6, 6.07) is 1.65. The molecule has 0 bridgehead atoms. The number of likely N-dealkylation sites (tertiary alicyclic amines) is 1. The van der Waals surface area contributed by atoms with Gasteiger partial charge in [-0.2, -0.15) is 0 Å². The van der Waals surface area contributed by atoms with Gasteiger partial charge in [-0.15, -0.1) is 11.3 Å². The van der Waals surface area contributed by atoms with Gasteiger partial charge in [-0.25, -0.2) is 9.97 Å². The SMILES string of the molecule is Cc1cc(NC(C)(C)C)ncc1-c1sc(C(=O)N[C@@H](C)[C@@H](C)O)nc1C(=O)N1CCC[C@@H]1C. The van der Waals surface area contributed by atoms with Crippen LogP contribution in [0.5, 0.6) is 0 Å². The molecule has 3 N–H and O–H groups in total. The highest BCUT2D eigenvalue weighted by Crippen LogP contribution is 2.35. The summed E-state index contributed by atoms with van der Waals surface area (Å²) in [7, 11) is 0. The van der Waals surface area contributed by atoms with Crippen LogP contribution in [-0.2, 0) is 0 Å². The van der Waals surface area contributed by atoms with Crippen molar-refractivity contribution in [2.24, 2.45) is 0 Å². The number of thiazole rings is 1. The van der Waals surface area contributed by atoms with Crippen molar-refractivity contribution in [3.63, 3.8) is 0 Å². The van der Waals surface area contributed by atoms with Crippen molar-refractivity contribution in [3.05, 3.63) is 28.5 Å². The fourth-order valence-electron chi connectivity index (χ4n) is 3.75. The number of nitrogens with zero attached hydrogens (tertiary/aromatic N) is 3. The number of anilines is 1.